The van der Waals surface area contributed by atoms with Crippen LogP contribution in [0.5, 0.6) is 0 Å². The molecule has 1 aliphatic heterocycles. The Balaban J connectivity index is 1.45. The Morgan fingerprint density at radius 1 is 1.17 bits per heavy atom. The van der Waals surface area contributed by atoms with Crippen LogP contribution in [0.3, 0.4) is 0 Å². The van der Waals surface area contributed by atoms with Gasteiger partial charge in [-0.2, -0.15) is 0 Å². The van der Waals surface area contributed by atoms with Crippen molar-refractivity contribution in [1.82, 2.24) is 14.9 Å². The van der Waals surface area contributed by atoms with Crippen molar-refractivity contribution in [3.63, 3.8) is 0 Å². The summed E-state index contributed by atoms with van der Waals surface area (Å²) in [6.07, 6.45) is 10.9. The Morgan fingerprint density at radius 3 is 2.83 bits per heavy atom. The number of piperidine rings is 1. The zero-order chi connectivity index (χ0) is 16.6. The normalized spacial score (nSPS) is 17.7. The van der Waals surface area contributed by atoms with Crippen LogP contribution in [0.2, 0.25) is 0 Å². The summed E-state index contributed by atoms with van der Waals surface area (Å²) in [4.78, 5) is 22.8. The average Bonchev–Trinajstić information content (AvgIpc) is 2.66. The molecule has 1 amide bonds. The summed E-state index contributed by atoms with van der Waals surface area (Å²) >= 11 is 0. The lowest BCUT2D eigenvalue weighted by Crippen LogP contribution is -2.40. The first-order chi connectivity index (χ1) is 11.8. The fraction of sp³-hybridized carbons (Fsp3) is 0.450. The molecule has 0 saturated carbocycles. The van der Waals surface area contributed by atoms with Gasteiger partial charge in [-0.05, 0) is 43.6 Å². The lowest BCUT2D eigenvalue weighted by atomic mass is 9.91. The predicted octanol–water partition coefficient (Wildman–Crippen LogP) is 3.28. The Hall–Kier alpha value is -2.23. The van der Waals surface area contributed by atoms with Crippen LogP contribution in [0.1, 0.15) is 36.9 Å². The van der Waals surface area contributed by atoms with Gasteiger partial charge in [0.1, 0.15) is 0 Å². The van der Waals surface area contributed by atoms with E-state index in [0.29, 0.717) is 18.8 Å². The highest BCUT2D eigenvalue weighted by atomic mass is 16.2. The summed E-state index contributed by atoms with van der Waals surface area (Å²) in [6.45, 7) is 1.81. The molecule has 4 heteroatoms. The molecule has 0 bridgehead atoms. The number of hydrogen-bond acceptors (Lipinski definition) is 3. The van der Waals surface area contributed by atoms with E-state index in [0.717, 1.165) is 38.0 Å². The number of amides is 1. The standard InChI is InChI=1S/C20H25N3O/c24-20(11-10-19-15-21-12-13-22-19)23-14-4-7-18(16-23)9-8-17-5-2-1-3-6-17/h1-3,5-6,12-13,15,18H,4,7-11,14,16H2/t18-/m1/s1. The van der Waals surface area contributed by atoms with Crippen LogP contribution < -0.4 is 0 Å². The molecule has 1 fully saturated rings. The number of nitrogens with zero attached hydrogens (tertiary/aromatic N) is 3. The maximum Gasteiger partial charge on any atom is 0.222 e. The van der Waals surface area contributed by atoms with Crippen LogP contribution in [0.15, 0.2) is 48.9 Å². The smallest absolute Gasteiger partial charge is 0.222 e. The van der Waals surface area contributed by atoms with E-state index >= 15 is 0 Å². The molecule has 126 valence electrons. The highest BCUT2D eigenvalue weighted by molar-refractivity contribution is 5.76. The van der Waals surface area contributed by atoms with E-state index in [9.17, 15) is 4.79 Å². The molecule has 0 N–H and O–H groups in total. The minimum absolute atomic E-state index is 0.255. The third-order valence-corrected chi connectivity index (χ3v) is 4.77. The molecular formula is C20H25N3O. The highest BCUT2D eigenvalue weighted by Crippen LogP contribution is 2.22. The second-order valence-electron chi connectivity index (χ2n) is 6.57. The number of likely N-dealkylation sites (tertiary alicyclic amines) is 1. The largest absolute Gasteiger partial charge is 0.342 e. The Bertz CT molecular complexity index is 630. The molecule has 1 atom stereocenters. The number of benzene rings is 1. The molecule has 24 heavy (non-hydrogen) atoms. The van der Waals surface area contributed by atoms with Crippen molar-refractivity contribution in [1.29, 1.82) is 0 Å². The van der Waals surface area contributed by atoms with Gasteiger partial charge in [0.05, 0.1) is 5.69 Å². The van der Waals surface area contributed by atoms with Gasteiger partial charge in [0.2, 0.25) is 5.91 Å². The Kier molecular flexibility index (Phi) is 5.94. The van der Waals surface area contributed by atoms with Gasteiger partial charge in [-0.1, -0.05) is 30.3 Å². The van der Waals surface area contributed by atoms with Crippen LogP contribution in [-0.2, 0) is 17.6 Å². The fourth-order valence-corrected chi connectivity index (χ4v) is 3.39. The summed E-state index contributed by atoms with van der Waals surface area (Å²) in [6, 6.07) is 10.6. The molecule has 0 spiro atoms. The minimum Gasteiger partial charge on any atom is -0.342 e. The van der Waals surface area contributed by atoms with Crippen molar-refractivity contribution in [3.8, 4) is 0 Å². The molecule has 1 saturated heterocycles. The molecule has 0 aliphatic carbocycles. The van der Waals surface area contributed by atoms with E-state index in [1.807, 2.05) is 0 Å². The molecular weight excluding hydrogens is 298 g/mol. The minimum atomic E-state index is 0.255. The number of aromatic nitrogens is 2. The van der Waals surface area contributed by atoms with Gasteiger partial charge in [0, 0.05) is 38.1 Å². The number of carbonyl (C=O) groups excluding carboxylic acids is 1. The molecule has 1 aliphatic rings. The highest BCUT2D eigenvalue weighted by Gasteiger charge is 2.23. The third-order valence-electron chi connectivity index (χ3n) is 4.77. The van der Waals surface area contributed by atoms with E-state index in [-0.39, 0.29) is 5.91 Å². The van der Waals surface area contributed by atoms with Gasteiger partial charge in [0.25, 0.3) is 0 Å². The van der Waals surface area contributed by atoms with Crippen LogP contribution in [0.4, 0.5) is 0 Å². The van der Waals surface area contributed by atoms with Crippen molar-refractivity contribution in [2.24, 2.45) is 5.92 Å². The lowest BCUT2D eigenvalue weighted by molar-refractivity contribution is -0.133. The van der Waals surface area contributed by atoms with Crippen molar-refractivity contribution in [2.75, 3.05) is 13.1 Å². The van der Waals surface area contributed by atoms with Crippen LogP contribution >= 0.6 is 0 Å². The molecule has 2 heterocycles. The van der Waals surface area contributed by atoms with Crippen molar-refractivity contribution in [2.45, 2.75) is 38.5 Å². The number of aryl methyl sites for hydroxylation is 2. The Labute approximate surface area is 143 Å². The quantitative estimate of drug-likeness (QED) is 0.819. The SMILES string of the molecule is O=C(CCc1cnccn1)N1CCC[C@H](CCc2ccccc2)C1. The molecule has 1 aromatic heterocycles. The maximum absolute atomic E-state index is 12.5. The molecule has 0 radical (unpaired) electrons. The average molecular weight is 323 g/mol. The summed E-state index contributed by atoms with van der Waals surface area (Å²) in [5.74, 6) is 0.879. The third kappa shape index (κ3) is 4.88. The first-order valence-electron chi connectivity index (χ1n) is 8.88. The first-order valence-corrected chi connectivity index (χ1v) is 8.88. The van der Waals surface area contributed by atoms with Crippen LogP contribution in [0, 0.1) is 5.92 Å². The molecule has 0 unspecified atom stereocenters. The molecule has 2 aromatic rings. The van der Waals surface area contributed by atoms with E-state index in [1.165, 1.54) is 12.0 Å². The van der Waals surface area contributed by atoms with Crippen LogP contribution in [0.25, 0.3) is 0 Å². The van der Waals surface area contributed by atoms with Gasteiger partial charge in [-0.15, -0.1) is 0 Å². The first kappa shape index (κ1) is 16.6. The molecule has 1 aromatic carbocycles. The van der Waals surface area contributed by atoms with E-state index < -0.39 is 0 Å². The summed E-state index contributed by atoms with van der Waals surface area (Å²) in [5, 5.41) is 0. The van der Waals surface area contributed by atoms with Crippen molar-refractivity contribution >= 4 is 5.91 Å². The van der Waals surface area contributed by atoms with Gasteiger partial charge in [-0.3, -0.25) is 14.8 Å². The van der Waals surface area contributed by atoms with E-state index in [4.69, 9.17) is 0 Å². The maximum atomic E-state index is 12.5. The monoisotopic (exact) mass is 323 g/mol. The topological polar surface area (TPSA) is 46.1 Å². The zero-order valence-corrected chi connectivity index (χ0v) is 14.1. The van der Waals surface area contributed by atoms with Gasteiger partial charge in [-0.25, -0.2) is 0 Å². The zero-order valence-electron chi connectivity index (χ0n) is 14.1. The lowest BCUT2D eigenvalue weighted by Gasteiger charge is -2.33. The number of hydrogen-bond donors (Lipinski definition) is 0. The van der Waals surface area contributed by atoms with Crippen molar-refractivity contribution in [3.05, 3.63) is 60.2 Å². The summed E-state index contributed by atoms with van der Waals surface area (Å²) < 4.78 is 0. The van der Waals surface area contributed by atoms with Crippen molar-refractivity contribution < 1.29 is 4.79 Å². The van der Waals surface area contributed by atoms with Gasteiger partial charge in [0.15, 0.2) is 0 Å². The van der Waals surface area contributed by atoms with E-state index in [2.05, 4.69) is 45.2 Å². The Morgan fingerprint density at radius 2 is 2.04 bits per heavy atom. The van der Waals surface area contributed by atoms with E-state index in [1.54, 1.807) is 18.6 Å². The predicted molar refractivity (Wildman–Crippen MR) is 94.4 cm³/mol. The van der Waals surface area contributed by atoms with Gasteiger partial charge >= 0.3 is 0 Å². The fourth-order valence-electron chi connectivity index (χ4n) is 3.39. The molecule has 4 nitrogen and oxygen atoms in total. The number of rotatable bonds is 6. The summed E-state index contributed by atoms with van der Waals surface area (Å²) in [7, 11) is 0. The summed E-state index contributed by atoms with van der Waals surface area (Å²) in [5.41, 5.74) is 2.28. The van der Waals surface area contributed by atoms with Crippen LogP contribution in [-0.4, -0.2) is 33.9 Å². The van der Waals surface area contributed by atoms with Gasteiger partial charge < -0.3 is 4.90 Å². The second kappa shape index (κ2) is 8.57. The molecule has 3 rings (SSSR count). The number of carbonyl (C=O) groups is 1. The second-order valence-corrected chi connectivity index (χ2v) is 6.57.